The molecule has 0 heterocycles. The second kappa shape index (κ2) is 5.53. The largest absolute Gasteiger partial charge is 0.316 e. The van der Waals surface area contributed by atoms with Crippen LogP contribution in [0.4, 0.5) is 0 Å². The summed E-state index contributed by atoms with van der Waals surface area (Å²) in [7, 11) is 0. The molecule has 2 fully saturated rings. The summed E-state index contributed by atoms with van der Waals surface area (Å²) in [5.41, 5.74) is 0.700. The van der Waals surface area contributed by atoms with E-state index in [1.807, 2.05) is 0 Å². The fraction of sp³-hybridized carbons (Fsp3) is 1.00. The van der Waals surface area contributed by atoms with Crippen LogP contribution >= 0.6 is 0 Å². The van der Waals surface area contributed by atoms with E-state index in [1.54, 1.807) is 0 Å². The topological polar surface area (TPSA) is 12.0 Å². The average Bonchev–Trinajstić information content (AvgIpc) is 2.15. The van der Waals surface area contributed by atoms with E-state index in [4.69, 9.17) is 0 Å². The Bertz CT molecular complexity index is 199. The van der Waals surface area contributed by atoms with Gasteiger partial charge in [-0.25, -0.2) is 0 Å². The first-order chi connectivity index (χ1) is 7.73. The van der Waals surface area contributed by atoms with Gasteiger partial charge in [0.15, 0.2) is 0 Å². The SMILES string of the molecule is CC(C)CNCC1(C2CCC2)CCCCC1. The predicted octanol–water partition coefficient (Wildman–Crippen LogP) is 3.98. The fourth-order valence-electron chi connectivity index (χ4n) is 3.62. The molecule has 2 rings (SSSR count). The van der Waals surface area contributed by atoms with Crippen LogP contribution < -0.4 is 5.32 Å². The molecule has 2 aliphatic rings. The van der Waals surface area contributed by atoms with E-state index in [0.29, 0.717) is 5.41 Å². The fourth-order valence-corrected chi connectivity index (χ4v) is 3.62. The van der Waals surface area contributed by atoms with Crippen molar-refractivity contribution in [3.8, 4) is 0 Å². The number of hydrogen-bond donors (Lipinski definition) is 1. The smallest absolute Gasteiger partial charge is 0.00106 e. The van der Waals surface area contributed by atoms with Gasteiger partial charge in [0, 0.05) is 6.54 Å². The van der Waals surface area contributed by atoms with Crippen LogP contribution in [0, 0.1) is 17.3 Å². The van der Waals surface area contributed by atoms with E-state index in [1.165, 1.54) is 64.5 Å². The Balaban J connectivity index is 1.86. The lowest BCUT2D eigenvalue weighted by Gasteiger charge is -2.48. The second-order valence-electron chi connectivity index (χ2n) is 6.58. The third kappa shape index (κ3) is 2.80. The van der Waals surface area contributed by atoms with E-state index < -0.39 is 0 Å². The normalized spacial score (nSPS) is 25.7. The van der Waals surface area contributed by atoms with E-state index >= 15 is 0 Å². The summed E-state index contributed by atoms with van der Waals surface area (Å²) in [6.45, 7) is 7.12. The Hall–Kier alpha value is -0.0400. The van der Waals surface area contributed by atoms with Crippen molar-refractivity contribution in [2.24, 2.45) is 17.3 Å². The van der Waals surface area contributed by atoms with E-state index in [0.717, 1.165) is 11.8 Å². The van der Waals surface area contributed by atoms with Gasteiger partial charge < -0.3 is 5.32 Å². The lowest BCUT2D eigenvalue weighted by molar-refractivity contribution is 0.0402. The third-order valence-electron chi connectivity index (χ3n) is 4.85. The zero-order valence-corrected chi connectivity index (χ0v) is 11.2. The van der Waals surface area contributed by atoms with Gasteiger partial charge in [0.05, 0.1) is 0 Å². The van der Waals surface area contributed by atoms with Crippen molar-refractivity contribution in [1.29, 1.82) is 0 Å². The van der Waals surface area contributed by atoms with Gasteiger partial charge in [0.1, 0.15) is 0 Å². The highest BCUT2D eigenvalue weighted by molar-refractivity contribution is 4.94. The quantitative estimate of drug-likeness (QED) is 0.743. The minimum Gasteiger partial charge on any atom is -0.316 e. The van der Waals surface area contributed by atoms with Crippen molar-refractivity contribution in [1.82, 2.24) is 5.32 Å². The molecular weight excluding hydrogens is 194 g/mol. The molecule has 0 atom stereocenters. The van der Waals surface area contributed by atoms with Crippen LogP contribution in [0.1, 0.15) is 65.2 Å². The molecule has 0 aliphatic heterocycles. The van der Waals surface area contributed by atoms with Gasteiger partial charge >= 0.3 is 0 Å². The highest BCUT2D eigenvalue weighted by Gasteiger charge is 2.41. The van der Waals surface area contributed by atoms with Crippen molar-refractivity contribution in [3.05, 3.63) is 0 Å². The maximum atomic E-state index is 3.74. The summed E-state index contributed by atoms with van der Waals surface area (Å²) in [6.07, 6.45) is 12.0. The molecule has 0 spiro atoms. The van der Waals surface area contributed by atoms with Gasteiger partial charge in [-0.05, 0) is 49.5 Å². The van der Waals surface area contributed by atoms with Crippen LogP contribution in [0.25, 0.3) is 0 Å². The van der Waals surface area contributed by atoms with Crippen LogP contribution in [0.3, 0.4) is 0 Å². The zero-order chi connectivity index (χ0) is 11.4. The molecule has 0 radical (unpaired) electrons. The molecule has 16 heavy (non-hydrogen) atoms. The van der Waals surface area contributed by atoms with E-state index in [9.17, 15) is 0 Å². The molecule has 1 N–H and O–H groups in total. The van der Waals surface area contributed by atoms with Crippen molar-refractivity contribution in [2.45, 2.75) is 65.2 Å². The van der Waals surface area contributed by atoms with Crippen LogP contribution in [0.15, 0.2) is 0 Å². The molecule has 0 bridgehead atoms. The Morgan fingerprint density at radius 2 is 1.75 bits per heavy atom. The average molecular weight is 223 g/mol. The predicted molar refractivity (Wildman–Crippen MR) is 70.6 cm³/mol. The van der Waals surface area contributed by atoms with Crippen molar-refractivity contribution >= 4 is 0 Å². The van der Waals surface area contributed by atoms with Crippen LogP contribution in [0.2, 0.25) is 0 Å². The summed E-state index contributed by atoms with van der Waals surface area (Å²) in [6, 6.07) is 0. The van der Waals surface area contributed by atoms with Crippen molar-refractivity contribution in [3.63, 3.8) is 0 Å². The summed E-state index contributed by atoms with van der Waals surface area (Å²) in [4.78, 5) is 0. The zero-order valence-electron chi connectivity index (χ0n) is 11.2. The molecule has 0 aromatic heterocycles. The van der Waals surface area contributed by atoms with Crippen molar-refractivity contribution < 1.29 is 0 Å². The highest BCUT2D eigenvalue weighted by atomic mass is 14.9. The minimum atomic E-state index is 0.700. The molecule has 1 heteroatoms. The van der Waals surface area contributed by atoms with Crippen LogP contribution in [-0.4, -0.2) is 13.1 Å². The van der Waals surface area contributed by atoms with Gasteiger partial charge in [-0.3, -0.25) is 0 Å². The Kier molecular flexibility index (Phi) is 4.29. The number of hydrogen-bond acceptors (Lipinski definition) is 1. The molecule has 94 valence electrons. The van der Waals surface area contributed by atoms with Gasteiger partial charge in [0.2, 0.25) is 0 Å². The lowest BCUT2D eigenvalue weighted by Crippen LogP contribution is -2.45. The molecule has 0 saturated heterocycles. The molecule has 2 aliphatic carbocycles. The molecule has 0 aromatic rings. The van der Waals surface area contributed by atoms with Gasteiger partial charge in [-0.1, -0.05) is 39.5 Å². The van der Waals surface area contributed by atoms with E-state index in [-0.39, 0.29) is 0 Å². The van der Waals surface area contributed by atoms with Gasteiger partial charge in [0.25, 0.3) is 0 Å². The summed E-state index contributed by atoms with van der Waals surface area (Å²) in [5, 5.41) is 3.74. The summed E-state index contributed by atoms with van der Waals surface area (Å²) < 4.78 is 0. The molecule has 2 saturated carbocycles. The van der Waals surface area contributed by atoms with E-state index in [2.05, 4.69) is 19.2 Å². The monoisotopic (exact) mass is 223 g/mol. The van der Waals surface area contributed by atoms with Crippen LogP contribution in [0.5, 0.6) is 0 Å². The summed E-state index contributed by atoms with van der Waals surface area (Å²) >= 11 is 0. The number of rotatable bonds is 5. The van der Waals surface area contributed by atoms with Gasteiger partial charge in [-0.15, -0.1) is 0 Å². The molecule has 0 amide bonds. The molecule has 0 unspecified atom stereocenters. The third-order valence-corrected chi connectivity index (χ3v) is 4.85. The Labute approximate surface area is 101 Å². The first kappa shape index (κ1) is 12.4. The van der Waals surface area contributed by atoms with Crippen LogP contribution in [-0.2, 0) is 0 Å². The first-order valence-corrected chi connectivity index (χ1v) is 7.44. The molecule has 1 nitrogen and oxygen atoms in total. The lowest BCUT2D eigenvalue weighted by atomic mass is 9.59. The number of nitrogens with one attached hydrogen (secondary N) is 1. The maximum absolute atomic E-state index is 3.74. The standard InChI is InChI=1S/C15H29N/c1-13(2)11-16-12-15(14-7-6-8-14)9-4-3-5-10-15/h13-14,16H,3-12H2,1-2H3. The Morgan fingerprint density at radius 3 is 2.25 bits per heavy atom. The molecular formula is C15H29N. The van der Waals surface area contributed by atoms with Gasteiger partial charge in [-0.2, -0.15) is 0 Å². The maximum Gasteiger partial charge on any atom is 0.00106 e. The van der Waals surface area contributed by atoms with Crippen molar-refractivity contribution in [2.75, 3.05) is 13.1 Å². The first-order valence-electron chi connectivity index (χ1n) is 7.44. The highest BCUT2D eigenvalue weighted by Crippen LogP contribution is 2.50. The Morgan fingerprint density at radius 1 is 1.06 bits per heavy atom. The molecule has 0 aromatic carbocycles. The minimum absolute atomic E-state index is 0.700. The summed E-state index contributed by atoms with van der Waals surface area (Å²) in [5.74, 6) is 1.86. The second-order valence-corrected chi connectivity index (χ2v) is 6.58.